The summed E-state index contributed by atoms with van der Waals surface area (Å²) < 4.78 is 36.4. The molecule has 7 heteroatoms. The zero-order chi connectivity index (χ0) is 14.0. The molecule has 1 aromatic rings. The van der Waals surface area contributed by atoms with E-state index < -0.39 is 16.3 Å². The Bertz CT molecular complexity index is 555. The number of nitrogens with zero attached hydrogens (tertiary/aromatic N) is 1. The van der Waals surface area contributed by atoms with Gasteiger partial charge in [0.2, 0.25) is 10.0 Å². The Labute approximate surface area is 118 Å². The van der Waals surface area contributed by atoms with Gasteiger partial charge in [-0.2, -0.15) is 4.31 Å². The molecule has 106 valence electrons. The summed E-state index contributed by atoms with van der Waals surface area (Å²) in [6.07, 6.45) is -0.499. The first-order valence-corrected chi connectivity index (χ1v) is 7.69. The maximum atomic E-state index is 12.3. The summed E-state index contributed by atoms with van der Waals surface area (Å²) in [6, 6.07) is 4.69. The molecular formula is C12H16ClNO4S. The summed E-state index contributed by atoms with van der Waals surface area (Å²) in [5.41, 5.74) is 0.839. The van der Waals surface area contributed by atoms with Crippen molar-refractivity contribution < 1.29 is 17.9 Å². The number of sulfonamides is 1. The average molecular weight is 306 g/mol. The molecule has 1 aliphatic heterocycles. The Morgan fingerprint density at radius 3 is 2.58 bits per heavy atom. The van der Waals surface area contributed by atoms with Crippen LogP contribution in [0.2, 0.25) is 5.02 Å². The van der Waals surface area contributed by atoms with Gasteiger partial charge in [-0.15, -0.1) is 0 Å². The van der Waals surface area contributed by atoms with Crippen molar-refractivity contribution in [3.05, 3.63) is 28.8 Å². The van der Waals surface area contributed by atoms with Gasteiger partial charge in [-0.1, -0.05) is 17.7 Å². The van der Waals surface area contributed by atoms with E-state index in [4.69, 9.17) is 21.1 Å². The summed E-state index contributed by atoms with van der Waals surface area (Å²) >= 11 is 5.96. The number of ether oxygens (including phenoxy) is 2. The van der Waals surface area contributed by atoms with E-state index in [2.05, 4.69) is 0 Å². The minimum atomic E-state index is -3.58. The molecule has 1 aromatic carbocycles. The van der Waals surface area contributed by atoms with Gasteiger partial charge in [0.25, 0.3) is 0 Å². The zero-order valence-electron chi connectivity index (χ0n) is 10.8. The van der Waals surface area contributed by atoms with Gasteiger partial charge in [0.15, 0.2) is 6.29 Å². The molecule has 1 fully saturated rings. The quantitative estimate of drug-likeness (QED) is 0.848. The van der Waals surface area contributed by atoms with Crippen LogP contribution in [0.25, 0.3) is 0 Å². The molecule has 19 heavy (non-hydrogen) atoms. The fourth-order valence-electron chi connectivity index (χ4n) is 1.73. The summed E-state index contributed by atoms with van der Waals surface area (Å²) in [4.78, 5) is 0.170. The van der Waals surface area contributed by atoms with Gasteiger partial charge >= 0.3 is 0 Å². The molecule has 0 aliphatic carbocycles. The highest BCUT2D eigenvalue weighted by molar-refractivity contribution is 7.89. The van der Waals surface area contributed by atoms with Gasteiger partial charge < -0.3 is 9.47 Å². The second-order valence-corrected chi connectivity index (χ2v) is 6.82. The molecule has 0 N–H and O–H groups in total. The van der Waals surface area contributed by atoms with Crippen LogP contribution in [0.5, 0.6) is 0 Å². The van der Waals surface area contributed by atoms with Crippen LogP contribution in [-0.4, -0.2) is 45.8 Å². The molecule has 1 heterocycles. The Balaban J connectivity index is 2.18. The van der Waals surface area contributed by atoms with E-state index in [1.165, 1.54) is 17.4 Å². The van der Waals surface area contributed by atoms with Gasteiger partial charge in [-0.3, -0.25) is 0 Å². The summed E-state index contributed by atoms with van der Waals surface area (Å²) in [5, 5.41) is 0.433. The topological polar surface area (TPSA) is 55.8 Å². The molecule has 0 spiro atoms. The van der Waals surface area contributed by atoms with Crippen LogP contribution in [0.15, 0.2) is 23.1 Å². The van der Waals surface area contributed by atoms with Crippen LogP contribution in [0, 0.1) is 6.92 Å². The molecule has 1 aliphatic rings. The fourth-order valence-corrected chi connectivity index (χ4v) is 3.16. The Morgan fingerprint density at radius 2 is 2.00 bits per heavy atom. The smallest absolute Gasteiger partial charge is 0.243 e. The summed E-state index contributed by atoms with van der Waals surface area (Å²) in [5.74, 6) is 0. The van der Waals surface area contributed by atoms with Crippen LogP contribution < -0.4 is 0 Å². The van der Waals surface area contributed by atoms with E-state index in [1.54, 1.807) is 12.1 Å². The molecule has 5 nitrogen and oxygen atoms in total. The molecule has 0 radical (unpaired) electrons. The maximum absolute atomic E-state index is 12.3. The van der Waals surface area contributed by atoms with Gasteiger partial charge in [-0.25, -0.2) is 8.42 Å². The summed E-state index contributed by atoms with van der Waals surface area (Å²) in [7, 11) is -2.08. The number of aryl methyl sites for hydroxylation is 1. The average Bonchev–Trinajstić information content (AvgIpc) is 2.85. The van der Waals surface area contributed by atoms with Gasteiger partial charge in [0, 0.05) is 12.1 Å². The van der Waals surface area contributed by atoms with E-state index >= 15 is 0 Å². The number of likely N-dealkylation sites (N-methyl/N-ethyl adjacent to an activating group) is 1. The lowest BCUT2D eigenvalue weighted by molar-refractivity contribution is -0.0482. The monoisotopic (exact) mass is 305 g/mol. The van der Waals surface area contributed by atoms with Crippen molar-refractivity contribution in [3.63, 3.8) is 0 Å². The highest BCUT2D eigenvalue weighted by atomic mass is 35.5. The second-order valence-electron chi connectivity index (χ2n) is 4.37. The number of hydrogen-bond donors (Lipinski definition) is 0. The molecule has 0 saturated carbocycles. The van der Waals surface area contributed by atoms with E-state index in [0.717, 1.165) is 5.56 Å². The number of rotatable bonds is 4. The summed E-state index contributed by atoms with van der Waals surface area (Å²) in [6.45, 7) is 2.97. The molecular weight excluding hydrogens is 290 g/mol. The van der Waals surface area contributed by atoms with E-state index in [9.17, 15) is 8.42 Å². The molecule has 0 amide bonds. The van der Waals surface area contributed by atoms with Gasteiger partial charge in [-0.05, 0) is 24.6 Å². The third-order valence-corrected chi connectivity index (χ3v) is 5.18. The van der Waals surface area contributed by atoms with Crippen molar-refractivity contribution in [1.29, 1.82) is 0 Å². The van der Waals surface area contributed by atoms with Crippen molar-refractivity contribution in [3.8, 4) is 0 Å². The van der Waals surface area contributed by atoms with Crippen molar-refractivity contribution in [2.24, 2.45) is 0 Å². The lowest BCUT2D eigenvalue weighted by atomic mass is 10.2. The van der Waals surface area contributed by atoms with Crippen molar-refractivity contribution in [2.45, 2.75) is 18.1 Å². The predicted molar refractivity (Wildman–Crippen MR) is 71.7 cm³/mol. The number of benzene rings is 1. The van der Waals surface area contributed by atoms with E-state index in [0.29, 0.717) is 18.2 Å². The predicted octanol–water partition coefficient (Wildman–Crippen LogP) is 1.64. The van der Waals surface area contributed by atoms with Crippen LogP contribution in [0.1, 0.15) is 5.56 Å². The molecule has 0 unspecified atom stereocenters. The SMILES string of the molecule is Cc1ccc(S(=O)(=O)N(C)CC2OCCO2)cc1Cl. The maximum Gasteiger partial charge on any atom is 0.243 e. The standard InChI is InChI=1S/C12H16ClNO4S/c1-9-3-4-10(7-11(9)13)19(15,16)14(2)8-12-17-5-6-18-12/h3-4,7,12H,5-6,8H2,1-2H3. The van der Waals surface area contributed by atoms with Gasteiger partial charge in [0.05, 0.1) is 24.7 Å². The molecule has 0 aromatic heterocycles. The third-order valence-electron chi connectivity index (χ3n) is 2.95. The van der Waals surface area contributed by atoms with E-state index in [1.807, 2.05) is 6.92 Å². The molecule has 0 bridgehead atoms. The van der Waals surface area contributed by atoms with Crippen LogP contribution in [-0.2, 0) is 19.5 Å². The Morgan fingerprint density at radius 1 is 1.37 bits per heavy atom. The molecule has 2 rings (SSSR count). The number of halogens is 1. The number of hydrogen-bond acceptors (Lipinski definition) is 4. The Hall–Kier alpha value is -0.660. The third kappa shape index (κ3) is 3.27. The second kappa shape index (κ2) is 5.76. The van der Waals surface area contributed by atoms with Crippen LogP contribution in [0.4, 0.5) is 0 Å². The van der Waals surface area contributed by atoms with Crippen LogP contribution in [0.3, 0.4) is 0 Å². The largest absolute Gasteiger partial charge is 0.349 e. The van der Waals surface area contributed by atoms with Crippen molar-refractivity contribution in [2.75, 3.05) is 26.8 Å². The highest BCUT2D eigenvalue weighted by Gasteiger charge is 2.26. The van der Waals surface area contributed by atoms with Crippen LogP contribution >= 0.6 is 11.6 Å². The first kappa shape index (κ1) is 14.7. The first-order valence-electron chi connectivity index (χ1n) is 5.87. The van der Waals surface area contributed by atoms with Crippen molar-refractivity contribution >= 4 is 21.6 Å². The lowest BCUT2D eigenvalue weighted by Gasteiger charge is -2.20. The molecule has 1 saturated heterocycles. The highest BCUT2D eigenvalue weighted by Crippen LogP contribution is 2.22. The fraction of sp³-hybridized carbons (Fsp3) is 0.500. The van der Waals surface area contributed by atoms with Crippen molar-refractivity contribution in [1.82, 2.24) is 4.31 Å². The lowest BCUT2D eigenvalue weighted by Crippen LogP contribution is -2.34. The normalized spacial score (nSPS) is 17.3. The minimum absolute atomic E-state index is 0.161. The molecule has 0 atom stereocenters. The zero-order valence-corrected chi connectivity index (χ0v) is 12.4. The first-order chi connectivity index (χ1) is 8.91. The Kier molecular flexibility index (Phi) is 4.47. The van der Waals surface area contributed by atoms with Gasteiger partial charge in [0.1, 0.15) is 0 Å². The van der Waals surface area contributed by atoms with E-state index in [-0.39, 0.29) is 11.4 Å². The minimum Gasteiger partial charge on any atom is -0.349 e.